The molecule has 1 rings (SSSR count). The normalized spacial score (nSPS) is 17.0. The first-order chi connectivity index (χ1) is 10.8. The van der Waals surface area contributed by atoms with E-state index in [1.807, 2.05) is 0 Å². The van der Waals surface area contributed by atoms with Gasteiger partial charge in [-0.15, -0.1) is 0 Å². The second-order valence-electron chi connectivity index (χ2n) is 5.09. The first-order valence-corrected chi connectivity index (χ1v) is 7.92. The van der Waals surface area contributed by atoms with Crippen molar-refractivity contribution in [2.75, 3.05) is 31.9 Å². The highest BCUT2D eigenvalue weighted by molar-refractivity contribution is 8.13. The lowest BCUT2D eigenvalue weighted by Crippen LogP contribution is -2.43. The highest BCUT2D eigenvalue weighted by Gasteiger charge is 2.30. The van der Waals surface area contributed by atoms with E-state index in [0.29, 0.717) is 18.7 Å². The molecular formula is C13H19N3O6S. The van der Waals surface area contributed by atoms with E-state index in [1.54, 1.807) is 0 Å². The van der Waals surface area contributed by atoms with Crippen LogP contribution in [0.2, 0.25) is 0 Å². The number of nitrogens with zero attached hydrogens (tertiary/aromatic N) is 1. The predicted molar refractivity (Wildman–Crippen MR) is 81.5 cm³/mol. The van der Waals surface area contributed by atoms with Gasteiger partial charge in [0.05, 0.1) is 13.1 Å². The molecule has 0 saturated carbocycles. The average Bonchev–Trinajstić information content (AvgIpc) is 2.81. The maximum absolute atomic E-state index is 11.8. The van der Waals surface area contributed by atoms with E-state index in [0.717, 1.165) is 11.8 Å². The molecule has 0 bridgehead atoms. The topological polar surface area (TPSA) is 133 Å². The van der Waals surface area contributed by atoms with Crippen LogP contribution in [-0.4, -0.2) is 70.7 Å². The molecule has 1 unspecified atom stereocenters. The van der Waals surface area contributed by atoms with Crippen molar-refractivity contribution in [3.8, 4) is 0 Å². The molecule has 0 spiro atoms. The van der Waals surface area contributed by atoms with E-state index in [2.05, 4.69) is 10.6 Å². The van der Waals surface area contributed by atoms with Crippen LogP contribution in [0.15, 0.2) is 0 Å². The van der Waals surface area contributed by atoms with Gasteiger partial charge in [-0.05, 0) is 5.92 Å². The van der Waals surface area contributed by atoms with Crippen LogP contribution in [0.3, 0.4) is 0 Å². The molecule has 3 amide bonds. The fourth-order valence-corrected chi connectivity index (χ4v) is 2.69. The molecule has 0 aliphatic carbocycles. The van der Waals surface area contributed by atoms with Crippen LogP contribution in [0.1, 0.15) is 13.3 Å². The second-order valence-corrected chi connectivity index (χ2v) is 6.29. The molecule has 9 nitrogen and oxygen atoms in total. The molecule has 10 heteroatoms. The first kappa shape index (κ1) is 18.9. The molecule has 1 heterocycles. The Morgan fingerprint density at radius 3 is 2.48 bits per heavy atom. The summed E-state index contributed by atoms with van der Waals surface area (Å²) in [5, 5.41) is 12.8. The molecule has 0 radical (unpaired) electrons. The van der Waals surface area contributed by atoms with Crippen LogP contribution >= 0.6 is 11.8 Å². The fourth-order valence-electron chi connectivity index (χ4n) is 2.00. The third kappa shape index (κ3) is 7.63. The van der Waals surface area contributed by atoms with Crippen LogP contribution in [0.5, 0.6) is 0 Å². The van der Waals surface area contributed by atoms with Gasteiger partial charge in [0.1, 0.15) is 6.54 Å². The summed E-state index contributed by atoms with van der Waals surface area (Å²) in [4.78, 5) is 57.3. The van der Waals surface area contributed by atoms with Crippen molar-refractivity contribution in [3.05, 3.63) is 0 Å². The number of aliphatic carboxylic acids is 1. The zero-order valence-corrected chi connectivity index (χ0v) is 13.5. The van der Waals surface area contributed by atoms with Crippen molar-refractivity contribution >= 4 is 40.6 Å². The van der Waals surface area contributed by atoms with Crippen LogP contribution in [0, 0.1) is 5.92 Å². The lowest BCUT2D eigenvalue weighted by atomic mass is 10.1. The van der Waals surface area contributed by atoms with Gasteiger partial charge in [0.15, 0.2) is 5.12 Å². The largest absolute Gasteiger partial charge is 0.480 e. The lowest BCUT2D eigenvalue weighted by molar-refractivity contribution is -0.138. The molecule has 1 saturated heterocycles. The predicted octanol–water partition coefficient (Wildman–Crippen LogP) is -1.57. The number of carboxylic acid groups (broad SMARTS) is 1. The number of hydrogen-bond donors (Lipinski definition) is 3. The van der Waals surface area contributed by atoms with Crippen LogP contribution in [0.25, 0.3) is 0 Å². The Labute approximate surface area is 137 Å². The van der Waals surface area contributed by atoms with Crippen molar-refractivity contribution in [2.45, 2.75) is 13.3 Å². The van der Waals surface area contributed by atoms with Gasteiger partial charge < -0.3 is 20.6 Å². The van der Waals surface area contributed by atoms with Gasteiger partial charge in [-0.2, -0.15) is 0 Å². The molecule has 23 heavy (non-hydrogen) atoms. The molecular weight excluding hydrogens is 326 g/mol. The Kier molecular flexibility index (Phi) is 7.52. The molecule has 0 aromatic carbocycles. The SMILES string of the molecule is CC(=O)SCC1CC(=O)N(CC(=O)NCC(=O)NCC(=O)O)C1. The summed E-state index contributed by atoms with van der Waals surface area (Å²) >= 11 is 1.15. The van der Waals surface area contributed by atoms with E-state index in [1.165, 1.54) is 11.8 Å². The zero-order valence-electron chi connectivity index (χ0n) is 12.7. The van der Waals surface area contributed by atoms with Gasteiger partial charge >= 0.3 is 5.97 Å². The Morgan fingerprint density at radius 1 is 1.22 bits per heavy atom. The van der Waals surface area contributed by atoms with Gasteiger partial charge in [0, 0.05) is 25.6 Å². The van der Waals surface area contributed by atoms with Gasteiger partial charge in [-0.3, -0.25) is 24.0 Å². The van der Waals surface area contributed by atoms with Crippen molar-refractivity contribution < 1.29 is 29.1 Å². The fraction of sp³-hybridized carbons (Fsp3) is 0.615. The summed E-state index contributed by atoms with van der Waals surface area (Å²) in [7, 11) is 0. The second kappa shape index (κ2) is 9.13. The summed E-state index contributed by atoms with van der Waals surface area (Å²) in [6.45, 7) is 0.832. The number of carbonyl (C=O) groups is 5. The molecule has 3 N–H and O–H groups in total. The number of carboxylic acids is 1. The van der Waals surface area contributed by atoms with Gasteiger partial charge in [-0.25, -0.2) is 0 Å². The summed E-state index contributed by atoms with van der Waals surface area (Å²) in [6.07, 6.45) is 0.298. The number of thioether (sulfide) groups is 1. The van der Waals surface area contributed by atoms with Gasteiger partial charge in [0.2, 0.25) is 17.7 Å². The van der Waals surface area contributed by atoms with Crippen molar-refractivity contribution in [2.24, 2.45) is 5.92 Å². The lowest BCUT2D eigenvalue weighted by Gasteiger charge is -2.16. The maximum atomic E-state index is 11.8. The quantitative estimate of drug-likeness (QED) is 0.484. The Hall–Kier alpha value is -2.10. The third-order valence-electron chi connectivity index (χ3n) is 3.03. The van der Waals surface area contributed by atoms with E-state index in [4.69, 9.17) is 5.11 Å². The number of amides is 3. The van der Waals surface area contributed by atoms with E-state index < -0.39 is 24.3 Å². The smallest absolute Gasteiger partial charge is 0.322 e. The minimum absolute atomic E-state index is 0.0129. The average molecular weight is 345 g/mol. The van der Waals surface area contributed by atoms with E-state index in [9.17, 15) is 24.0 Å². The standard InChI is InChI=1S/C13H19N3O6S/c1-8(17)23-7-9-2-12(20)16(5-9)6-11(19)14-3-10(18)15-4-13(21)22/h9H,2-7H2,1H3,(H,14,19)(H,15,18)(H,21,22). The van der Waals surface area contributed by atoms with E-state index >= 15 is 0 Å². The minimum atomic E-state index is -1.18. The highest BCUT2D eigenvalue weighted by atomic mass is 32.2. The molecule has 1 aliphatic heterocycles. The van der Waals surface area contributed by atoms with Crippen molar-refractivity contribution in [1.82, 2.24) is 15.5 Å². The number of carbonyl (C=O) groups excluding carboxylic acids is 4. The molecule has 1 aliphatic rings. The molecule has 128 valence electrons. The van der Waals surface area contributed by atoms with Gasteiger partial charge in [0.25, 0.3) is 0 Å². The zero-order chi connectivity index (χ0) is 17.4. The number of likely N-dealkylation sites (tertiary alicyclic amines) is 1. The van der Waals surface area contributed by atoms with Crippen LogP contribution in [0.4, 0.5) is 0 Å². The number of nitrogens with one attached hydrogen (secondary N) is 2. The molecule has 0 aromatic heterocycles. The Balaban J connectivity index is 2.28. The third-order valence-corrected chi connectivity index (χ3v) is 4.08. The first-order valence-electron chi connectivity index (χ1n) is 6.94. The van der Waals surface area contributed by atoms with E-state index in [-0.39, 0.29) is 30.0 Å². The summed E-state index contributed by atoms with van der Waals surface area (Å²) in [5.41, 5.74) is 0. The van der Waals surface area contributed by atoms with Gasteiger partial charge in [-0.1, -0.05) is 11.8 Å². The summed E-state index contributed by atoms with van der Waals surface area (Å²) in [5.74, 6) is -1.89. The molecule has 0 aromatic rings. The Morgan fingerprint density at radius 2 is 1.87 bits per heavy atom. The number of rotatable bonds is 8. The molecule has 1 fully saturated rings. The summed E-state index contributed by atoms with van der Waals surface area (Å²) < 4.78 is 0. The monoisotopic (exact) mass is 345 g/mol. The van der Waals surface area contributed by atoms with Crippen LogP contribution < -0.4 is 10.6 Å². The van der Waals surface area contributed by atoms with Crippen molar-refractivity contribution in [1.29, 1.82) is 0 Å². The van der Waals surface area contributed by atoms with Crippen molar-refractivity contribution in [3.63, 3.8) is 0 Å². The summed E-state index contributed by atoms with van der Waals surface area (Å²) in [6, 6.07) is 0. The Bertz CT molecular complexity index is 510. The molecule has 1 atom stereocenters. The minimum Gasteiger partial charge on any atom is -0.480 e. The van der Waals surface area contributed by atoms with Crippen LogP contribution in [-0.2, 0) is 24.0 Å². The number of hydrogen-bond acceptors (Lipinski definition) is 6. The highest BCUT2D eigenvalue weighted by Crippen LogP contribution is 2.21. The maximum Gasteiger partial charge on any atom is 0.322 e.